The number of nitrogens with zero attached hydrogens (tertiary/aromatic N) is 2. The molecule has 9 nitrogen and oxygen atoms in total. The molecule has 0 amide bonds. The van der Waals surface area contributed by atoms with E-state index < -0.39 is 25.5 Å². The summed E-state index contributed by atoms with van der Waals surface area (Å²) in [6, 6.07) is 8.82. The first-order chi connectivity index (χ1) is 16.7. The second-order valence-corrected chi connectivity index (χ2v) is 12.7. The highest BCUT2D eigenvalue weighted by atomic mass is 32.2. The van der Waals surface area contributed by atoms with Gasteiger partial charge in [-0.3, -0.25) is 4.79 Å². The molecule has 0 bridgehead atoms. The van der Waals surface area contributed by atoms with Crippen LogP contribution in [0.4, 0.5) is 0 Å². The molecule has 2 aromatic carbocycles. The van der Waals surface area contributed by atoms with Crippen molar-refractivity contribution in [3.63, 3.8) is 0 Å². The highest BCUT2D eigenvalue weighted by molar-refractivity contribution is 7.91. The molecule has 0 fully saturated rings. The number of hydrogen-bond acceptors (Lipinski definition) is 9. The number of carbonyl (C=O) groups is 1. The lowest BCUT2D eigenvalue weighted by Crippen LogP contribution is -2.11. The molecule has 4 rings (SSSR count). The molecule has 0 aliphatic rings. The van der Waals surface area contributed by atoms with Crippen LogP contribution >= 0.6 is 0 Å². The van der Waals surface area contributed by atoms with Crippen molar-refractivity contribution in [3.8, 4) is 22.6 Å². The van der Waals surface area contributed by atoms with Gasteiger partial charge in [-0.1, -0.05) is 10.3 Å². The van der Waals surface area contributed by atoms with Gasteiger partial charge in [0, 0.05) is 46.9 Å². The molecular weight excluding hydrogens is 504 g/mol. The van der Waals surface area contributed by atoms with Gasteiger partial charge in [-0.2, -0.15) is 0 Å². The van der Waals surface area contributed by atoms with E-state index in [0.29, 0.717) is 22.5 Å². The molecule has 0 N–H and O–H groups in total. The standard InChI is InChI=1S/C25H24N2O7S2/c1-13-11-19(33-26-13)23-15(3)17(7-9-21(23)35(5,29)30)25(28)18-8-10-22(36(6,31)32)24(16(18)4)20-12-14(2)27-34-20/h7-12H,1-6H3. The van der Waals surface area contributed by atoms with Gasteiger partial charge in [0.05, 0.1) is 21.2 Å². The van der Waals surface area contributed by atoms with Gasteiger partial charge in [0.1, 0.15) is 0 Å². The minimum atomic E-state index is -3.66. The van der Waals surface area contributed by atoms with Crippen molar-refractivity contribution < 1.29 is 30.7 Å². The topological polar surface area (TPSA) is 137 Å². The van der Waals surface area contributed by atoms with Gasteiger partial charge < -0.3 is 9.05 Å². The number of benzene rings is 2. The summed E-state index contributed by atoms with van der Waals surface area (Å²) in [7, 11) is -7.32. The van der Waals surface area contributed by atoms with Crippen molar-refractivity contribution in [2.45, 2.75) is 37.5 Å². The van der Waals surface area contributed by atoms with Gasteiger partial charge in [-0.05, 0) is 63.1 Å². The summed E-state index contributed by atoms with van der Waals surface area (Å²) in [6.07, 6.45) is 2.16. The van der Waals surface area contributed by atoms with Crippen molar-refractivity contribution in [1.29, 1.82) is 0 Å². The summed E-state index contributed by atoms with van der Waals surface area (Å²) in [6.45, 7) is 6.68. The lowest BCUT2D eigenvalue weighted by Gasteiger charge is -2.16. The maximum atomic E-state index is 13.8. The van der Waals surface area contributed by atoms with Gasteiger partial charge in [-0.15, -0.1) is 0 Å². The summed E-state index contributed by atoms with van der Waals surface area (Å²) < 4.78 is 60.7. The second kappa shape index (κ2) is 8.82. The quantitative estimate of drug-likeness (QED) is 0.336. The van der Waals surface area contributed by atoms with E-state index in [0.717, 1.165) is 12.5 Å². The predicted octanol–water partition coefficient (Wildman–Crippen LogP) is 4.27. The van der Waals surface area contributed by atoms with Gasteiger partial charge >= 0.3 is 0 Å². The van der Waals surface area contributed by atoms with E-state index in [9.17, 15) is 21.6 Å². The zero-order valence-electron chi connectivity index (χ0n) is 20.5. The zero-order chi connectivity index (χ0) is 26.6. The molecule has 4 aromatic rings. The third-order valence-corrected chi connectivity index (χ3v) is 8.17. The minimum Gasteiger partial charge on any atom is -0.356 e. The average Bonchev–Trinajstić information content (AvgIpc) is 3.39. The van der Waals surface area contributed by atoms with E-state index in [1.807, 2.05) is 0 Å². The second-order valence-electron chi connectivity index (χ2n) is 8.76. The van der Waals surface area contributed by atoms with Crippen molar-refractivity contribution in [2.24, 2.45) is 0 Å². The van der Waals surface area contributed by atoms with Crippen molar-refractivity contribution in [2.75, 3.05) is 12.5 Å². The van der Waals surface area contributed by atoms with Crippen LogP contribution in [0.3, 0.4) is 0 Å². The molecule has 0 saturated carbocycles. The van der Waals surface area contributed by atoms with Crippen LogP contribution in [0.1, 0.15) is 38.4 Å². The largest absolute Gasteiger partial charge is 0.356 e. The summed E-state index contributed by atoms with van der Waals surface area (Å²) in [5.41, 5.74) is 2.87. The molecule has 0 saturated heterocycles. The molecule has 2 aromatic heterocycles. The van der Waals surface area contributed by atoms with Crippen LogP contribution in [0.25, 0.3) is 22.6 Å². The fourth-order valence-corrected chi connectivity index (χ4v) is 6.08. The van der Waals surface area contributed by atoms with Crippen LogP contribution in [-0.4, -0.2) is 45.4 Å². The Morgan fingerprint density at radius 1 is 0.667 bits per heavy atom. The smallest absolute Gasteiger partial charge is 0.193 e. The van der Waals surface area contributed by atoms with Gasteiger partial charge in [0.25, 0.3) is 0 Å². The minimum absolute atomic E-state index is 0.00895. The summed E-state index contributed by atoms with van der Waals surface area (Å²) in [4.78, 5) is 13.8. The Balaban J connectivity index is 1.97. The monoisotopic (exact) mass is 528 g/mol. The number of sulfone groups is 2. The lowest BCUT2D eigenvalue weighted by atomic mass is 9.90. The predicted molar refractivity (Wildman–Crippen MR) is 132 cm³/mol. The first kappa shape index (κ1) is 25.5. The van der Waals surface area contributed by atoms with Crippen molar-refractivity contribution in [3.05, 3.63) is 70.0 Å². The molecule has 0 aliphatic carbocycles. The lowest BCUT2D eigenvalue weighted by molar-refractivity contribution is 0.103. The van der Waals surface area contributed by atoms with E-state index in [-0.39, 0.29) is 43.6 Å². The fraction of sp³-hybridized carbons (Fsp3) is 0.240. The van der Waals surface area contributed by atoms with Crippen LogP contribution in [0.15, 0.2) is 55.2 Å². The Hall–Kier alpha value is -3.57. The van der Waals surface area contributed by atoms with Gasteiger partial charge in [-0.25, -0.2) is 16.8 Å². The summed E-state index contributed by atoms with van der Waals surface area (Å²) in [5.74, 6) is 0.0316. The molecule has 11 heteroatoms. The normalized spacial score (nSPS) is 12.2. The molecular formula is C25H24N2O7S2. The fourth-order valence-electron chi connectivity index (χ4n) is 4.20. The molecule has 0 unspecified atom stereocenters. The molecule has 188 valence electrons. The third kappa shape index (κ3) is 4.51. The highest BCUT2D eigenvalue weighted by Gasteiger charge is 2.28. The maximum Gasteiger partial charge on any atom is 0.193 e. The third-order valence-electron chi connectivity index (χ3n) is 5.89. The Labute approximate surface area is 209 Å². The number of aryl methyl sites for hydroxylation is 2. The van der Waals surface area contributed by atoms with Crippen LogP contribution < -0.4 is 0 Å². The van der Waals surface area contributed by atoms with E-state index in [2.05, 4.69) is 10.3 Å². The van der Waals surface area contributed by atoms with E-state index in [1.165, 1.54) is 24.3 Å². The molecule has 2 heterocycles. The molecule has 0 aliphatic heterocycles. The van der Waals surface area contributed by atoms with E-state index >= 15 is 0 Å². The summed E-state index contributed by atoms with van der Waals surface area (Å²) in [5, 5.41) is 7.71. The van der Waals surface area contributed by atoms with E-state index in [1.54, 1.807) is 39.8 Å². The van der Waals surface area contributed by atoms with E-state index in [4.69, 9.17) is 9.05 Å². The first-order valence-corrected chi connectivity index (χ1v) is 14.6. The summed E-state index contributed by atoms with van der Waals surface area (Å²) >= 11 is 0. The van der Waals surface area contributed by atoms with Crippen molar-refractivity contribution in [1.82, 2.24) is 10.3 Å². The number of hydrogen-bond donors (Lipinski definition) is 0. The average molecular weight is 529 g/mol. The van der Waals surface area contributed by atoms with Crippen LogP contribution in [0.5, 0.6) is 0 Å². The van der Waals surface area contributed by atoms with Crippen LogP contribution in [0.2, 0.25) is 0 Å². The number of rotatable bonds is 6. The SMILES string of the molecule is Cc1cc(-c2c(S(C)(=O)=O)ccc(C(=O)c3ccc(S(C)(=O)=O)c(-c4cc(C)no4)c3C)c2C)on1. The Bertz CT molecular complexity index is 1620. The van der Waals surface area contributed by atoms with Crippen LogP contribution in [0, 0.1) is 27.7 Å². The number of carbonyl (C=O) groups excluding carboxylic acids is 1. The highest BCUT2D eigenvalue weighted by Crippen LogP contribution is 2.37. The van der Waals surface area contributed by atoms with Crippen LogP contribution in [-0.2, 0) is 19.7 Å². The molecule has 0 radical (unpaired) electrons. The van der Waals surface area contributed by atoms with Gasteiger partial charge in [0.2, 0.25) is 0 Å². The maximum absolute atomic E-state index is 13.8. The molecule has 0 spiro atoms. The Morgan fingerprint density at radius 2 is 1.03 bits per heavy atom. The first-order valence-electron chi connectivity index (χ1n) is 10.8. The Morgan fingerprint density at radius 3 is 1.31 bits per heavy atom. The zero-order valence-corrected chi connectivity index (χ0v) is 22.2. The van der Waals surface area contributed by atoms with Gasteiger partial charge in [0.15, 0.2) is 37.0 Å². The number of aromatic nitrogens is 2. The molecule has 0 atom stereocenters. The number of ketones is 1. The molecule has 36 heavy (non-hydrogen) atoms. The Kier molecular flexibility index (Phi) is 6.26. The van der Waals surface area contributed by atoms with Crippen molar-refractivity contribution >= 4 is 25.5 Å².